The van der Waals surface area contributed by atoms with Crippen LogP contribution in [0.2, 0.25) is 0 Å². The molecule has 0 fully saturated rings. The summed E-state index contributed by atoms with van der Waals surface area (Å²) in [6.45, 7) is 4.58. The summed E-state index contributed by atoms with van der Waals surface area (Å²) in [7, 11) is 1.76. The molecular weight excluding hydrogens is 274 g/mol. The zero-order valence-corrected chi connectivity index (χ0v) is 12.5. The minimum absolute atomic E-state index is 0.0963. The van der Waals surface area contributed by atoms with Crippen molar-refractivity contribution in [3.8, 4) is 5.75 Å². The van der Waals surface area contributed by atoms with E-state index in [1.807, 2.05) is 6.92 Å². The highest BCUT2D eigenvalue weighted by atomic mass is 16.6. The fourth-order valence-corrected chi connectivity index (χ4v) is 1.76. The molecule has 1 rings (SSSR count). The molecule has 21 heavy (non-hydrogen) atoms. The van der Waals surface area contributed by atoms with Crippen LogP contribution in [0.15, 0.2) is 18.2 Å². The normalized spacial score (nSPS) is 11.8. The van der Waals surface area contributed by atoms with Crippen LogP contribution in [-0.2, 0) is 11.3 Å². The molecule has 0 aliphatic rings. The SMILES string of the molecule is CCCNC(=O)C(C)Oc1ccc(CNC)cc1[N+](=O)[O-]. The van der Waals surface area contributed by atoms with Gasteiger partial charge >= 0.3 is 5.69 Å². The summed E-state index contributed by atoms with van der Waals surface area (Å²) < 4.78 is 5.42. The monoisotopic (exact) mass is 295 g/mol. The van der Waals surface area contributed by atoms with Crippen LogP contribution in [0.5, 0.6) is 5.75 Å². The highest BCUT2D eigenvalue weighted by Gasteiger charge is 2.21. The van der Waals surface area contributed by atoms with Gasteiger partial charge in [0.25, 0.3) is 5.91 Å². The molecule has 0 saturated heterocycles. The molecule has 0 aromatic heterocycles. The summed E-state index contributed by atoms with van der Waals surface area (Å²) in [5, 5.41) is 16.7. The number of nitro benzene ring substituents is 1. The lowest BCUT2D eigenvalue weighted by molar-refractivity contribution is -0.386. The summed E-state index contributed by atoms with van der Waals surface area (Å²) in [5.74, 6) is -0.190. The average Bonchev–Trinajstić information content (AvgIpc) is 2.46. The number of hydrogen-bond donors (Lipinski definition) is 2. The predicted octanol–water partition coefficient (Wildman–Crippen LogP) is 1.61. The number of amides is 1. The van der Waals surface area contributed by atoms with Gasteiger partial charge < -0.3 is 15.4 Å². The molecule has 2 N–H and O–H groups in total. The van der Waals surface area contributed by atoms with E-state index in [0.717, 1.165) is 12.0 Å². The molecule has 1 amide bonds. The number of nitro groups is 1. The number of rotatable bonds is 8. The second kappa shape index (κ2) is 8.21. The first kappa shape index (κ1) is 16.9. The molecule has 1 atom stereocenters. The molecule has 0 aliphatic heterocycles. The molecule has 0 saturated carbocycles. The minimum Gasteiger partial charge on any atom is -0.474 e. The maximum absolute atomic E-state index is 11.7. The van der Waals surface area contributed by atoms with E-state index < -0.39 is 11.0 Å². The molecule has 7 heteroatoms. The van der Waals surface area contributed by atoms with Gasteiger partial charge in [0.1, 0.15) is 0 Å². The van der Waals surface area contributed by atoms with E-state index in [4.69, 9.17) is 4.74 Å². The van der Waals surface area contributed by atoms with E-state index in [1.54, 1.807) is 20.0 Å². The van der Waals surface area contributed by atoms with Crippen molar-refractivity contribution in [1.29, 1.82) is 0 Å². The van der Waals surface area contributed by atoms with E-state index in [-0.39, 0.29) is 17.3 Å². The lowest BCUT2D eigenvalue weighted by atomic mass is 10.2. The topological polar surface area (TPSA) is 93.5 Å². The van der Waals surface area contributed by atoms with Crippen LogP contribution >= 0.6 is 0 Å². The minimum atomic E-state index is -0.787. The van der Waals surface area contributed by atoms with E-state index >= 15 is 0 Å². The van der Waals surface area contributed by atoms with Crippen LogP contribution < -0.4 is 15.4 Å². The maximum atomic E-state index is 11.7. The zero-order chi connectivity index (χ0) is 15.8. The molecule has 7 nitrogen and oxygen atoms in total. The number of carbonyl (C=O) groups is 1. The Bertz CT molecular complexity index is 505. The summed E-state index contributed by atoms with van der Waals surface area (Å²) in [4.78, 5) is 22.3. The van der Waals surface area contributed by atoms with Gasteiger partial charge in [-0.3, -0.25) is 14.9 Å². The highest BCUT2D eigenvalue weighted by molar-refractivity contribution is 5.80. The Morgan fingerprint density at radius 2 is 2.19 bits per heavy atom. The number of carbonyl (C=O) groups excluding carboxylic acids is 1. The van der Waals surface area contributed by atoms with Crippen molar-refractivity contribution in [2.45, 2.75) is 32.9 Å². The van der Waals surface area contributed by atoms with Gasteiger partial charge in [-0.25, -0.2) is 0 Å². The first-order valence-electron chi connectivity index (χ1n) is 6.85. The van der Waals surface area contributed by atoms with Gasteiger partial charge in [0.05, 0.1) is 4.92 Å². The molecule has 0 bridgehead atoms. The second-order valence-electron chi connectivity index (χ2n) is 4.64. The molecule has 1 aromatic rings. The third-order valence-corrected chi connectivity index (χ3v) is 2.82. The quantitative estimate of drug-likeness (QED) is 0.561. The third-order valence-electron chi connectivity index (χ3n) is 2.82. The average molecular weight is 295 g/mol. The predicted molar refractivity (Wildman–Crippen MR) is 79.3 cm³/mol. The van der Waals surface area contributed by atoms with Crippen molar-refractivity contribution in [2.75, 3.05) is 13.6 Å². The first-order chi connectivity index (χ1) is 9.99. The second-order valence-corrected chi connectivity index (χ2v) is 4.64. The van der Waals surface area contributed by atoms with E-state index in [0.29, 0.717) is 13.1 Å². The lowest BCUT2D eigenvalue weighted by Gasteiger charge is -2.15. The molecule has 0 spiro atoms. The van der Waals surface area contributed by atoms with Gasteiger partial charge in [0.2, 0.25) is 0 Å². The molecule has 116 valence electrons. The molecule has 1 unspecified atom stereocenters. The number of hydrogen-bond acceptors (Lipinski definition) is 5. The van der Waals surface area contributed by atoms with Crippen molar-refractivity contribution in [3.63, 3.8) is 0 Å². The Balaban J connectivity index is 2.86. The van der Waals surface area contributed by atoms with Gasteiger partial charge in [-0.2, -0.15) is 0 Å². The van der Waals surface area contributed by atoms with Crippen molar-refractivity contribution >= 4 is 11.6 Å². The third kappa shape index (κ3) is 5.03. The van der Waals surface area contributed by atoms with Gasteiger partial charge in [-0.15, -0.1) is 0 Å². The van der Waals surface area contributed by atoms with Crippen LogP contribution in [0, 0.1) is 10.1 Å². The number of nitrogens with zero attached hydrogens (tertiary/aromatic N) is 1. The lowest BCUT2D eigenvalue weighted by Crippen LogP contribution is -2.36. The first-order valence-corrected chi connectivity index (χ1v) is 6.85. The van der Waals surface area contributed by atoms with Crippen molar-refractivity contribution < 1.29 is 14.5 Å². The standard InChI is InChI=1S/C14H21N3O4/c1-4-7-16-14(18)10(2)21-13-6-5-11(9-15-3)8-12(13)17(19)20/h5-6,8,10,15H,4,7,9H2,1-3H3,(H,16,18). The molecule has 1 aromatic carbocycles. The van der Waals surface area contributed by atoms with Gasteiger partial charge in [-0.1, -0.05) is 13.0 Å². The number of benzene rings is 1. The number of nitrogens with one attached hydrogen (secondary N) is 2. The summed E-state index contributed by atoms with van der Waals surface area (Å²) in [5.41, 5.74) is 0.637. The zero-order valence-electron chi connectivity index (χ0n) is 12.5. The van der Waals surface area contributed by atoms with E-state index in [9.17, 15) is 14.9 Å². The van der Waals surface area contributed by atoms with Crippen molar-refractivity contribution in [3.05, 3.63) is 33.9 Å². The summed E-state index contributed by atoms with van der Waals surface area (Å²) in [6.07, 6.45) is 0.0301. The van der Waals surface area contributed by atoms with Gasteiger partial charge in [-0.05, 0) is 32.0 Å². The molecule has 0 radical (unpaired) electrons. The van der Waals surface area contributed by atoms with Gasteiger partial charge in [0.15, 0.2) is 11.9 Å². The van der Waals surface area contributed by atoms with Crippen LogP contribution in [0.4, 0.5) is 5.69 Å². The summed E-state index contributed by atoms with van der Waals surface area (Å²) in [6, 6.07) is 4.70. The number of ether oxygens (including phenoxy) is 1. The fourth-order valence-electron chi connectivity index (χ4n) is 1.76. The van der Waals surface area contributed by atoms with E-state index in [1.165, 1.54) is 12.1 Å². The molecular formula is C14H21N3O4. The van der Waals surface area contributed by atoms with Crippen LogP contribution in [0.1, 0.15) is 25.8 Å². The highest BCUT2D eigenvalue weighted by Crippen LogP contribution is 2.28. The Labute approximate surface area is 123 Å². The molecule has 0 heterocycles. The van der Waals surface area contributed by atoms with Gasteiger partial charge in [0, 0.05) is 19.2 Å². The van der Waals surface area contributed by atoms with Crippen molar-refractivity contribution in [2.24, 2.45) is 0 Å². The van der Waals surface area contributed by atoms with Crippen LogP contribution in [0.3, 0.4) is 0 Å². The molecule has 0 aliphatic carbocycles. The Morgan fingerprint density at radius 3 is 2.76 bits per heavy atom. The maximum Gasteiger partial charge on any atom is 0.311 e. The fraction of sp³-hybridized carbons (Fsp3) is 0.500. The largest absolute Gasteiger partial charge is 0.474 e. The van der Waals surface area contributed by atoms with Crippen LogP contribution in [0.25, 0.3) is 0 Å². The van der Waals surface area contributed by atoms with E-state index in [2.05, 4.69) is 10.6 Å². The smallest absolute Gasteiger partial charge is 0.311 e. The summed E-state index contributed by atoms with van der Waals surface area (Å²) >= 11 is 0. The Morgan fingerprint density at radius 1 is 1.48 bits per heavy atom. The van der Waals surface area contributed by atoms with Crippen LogP contribution in [-0.4, -0.2) is 30.5 Å². The Hall–Kier alpha value is -2.15. The Kier molecular flexibility index (Phi) is 6.61. The van der Waals surface area contributed by atoms with Crippen molar-refractivity contribution in [1.82, 2.24) is 10.6 Å².